The minimum Gasteiger partial charge on any atom is -0.480 e. The van der Waals surface area contributed by atoms with Gasteiger partial charge in [-0.2, -0.15) is 0 Å². The Bertz CT molecular complexity index is 398. The summed E-state index contributed by atoms with van der Waals surface area (Å²) in [6.07, 6.45) is 3.78. The van der Waals surface area contributed by atoms with E-state index in [0.29, 0.717) is 0 Å². The van der Waals surface area contributed by atoms with E-state index in [1.165, 1.54) is 0 Å². The Kier molecular flexibility index (Phi) is 7.70. The maximum atomic E-state index is 11.8. The van der Waals surface area contributed by atoms with Crippen molar-refractivity contribution < 1.29 is 29.3 Å². The highest BCUT2D eigenvalue weighted by Gasteiger charge is 2.48. The summed E-state index contributed by atoms with van der Waals surface area (Å²) in [5, 5.41) is 18.0. The molecular weight excluding hydrogens is 276 g/mol. The monoisotopic (exact) mass is 300 g/mol. The van der Waals surface area contributed by atoms with Gasteiger partial charge in [-0.3, -0.25) is 9.59 Å². The highest BCUT2D eigenvalue weighted by atomic mass is 16.5. The normalized spacial score (nSPS) is 12.5. The molecule has 120 valence electrons. The maximum Gasteiger partial charge on any atom is 0.335 e. The van der Waals surface area contributed by atoms with Gasteiger partial charge < -0.3 is 14.9 Å². The number of carbonyl (C=O) groups is 3. The molecule has 0 rings (SSSR count). The Labute approximate surface area is 124 Å². The van der Waals surface area contributed by atoms with Crippen molar-refractivity contribution in [2.75, 3.05) is 6.61 Å². The van der Waals surface area contributed by atoms with Crippen LogP contribution in [-0.4, -0.2) is 34.7 Å². The van der Waals surface area contributed by atoms with Gasteiger partial charge in [-0.05, 0) is 19.3 Å². The van der Waals surface area contributed by atoms with Crippen LogP contribution in [0.15, 0.2) is 12.2 Å². The molecule has 6 nitrogen and oxygen atoms in total. The molecule has 0 aliphatic heterocycles. The predicted octanol–water partition coefficient (Wildman–Crippen LogP) is 2.48. The summed E-state index contributed by atoms with van der Waals surface area (Å²) in [6, 6.07) is 0. The highest BCUT2D eigenvalue weighted by molar-refractivity contribution is 6.09. The lowest BCUT2D eigenvalue weighted by atomic mass is 9.83. The van der Waals surface area contributed by atoms with E-state index in [0.717, 1.165) is 32.6 Å². The summed E-state index contributed by atoms with van der Waals surface area (Å²) in [5.41, 5.74) is -2.95. The Hall–Kier alpha value is -1.85. The standard InChI is InChI=1S/C15H24O6/c1-5-7-8-11(6-2)9-21-12(16)10(3)15(4,13(17)18)14(19)20/h11H,3,5-9H2,1-2,4H3,(H,17,18)(H,19,20). The van der Waals surface area contributed by atoms with Crippen LogP contribution < -0.4 is 0 Å². The van der Waals surface area contributed by atoms with E-state index in [-0.39, 0.29) is 12.5 Å². The average Bonchev–Trinajstić information content (AvgIpc) is 2.44. The van der Waals surface area contributed by atoms with Crippen LogP contribution in [0.1, 0.15) is 46.5 Å². The Morgan fingerprint density at radius 1 is 1.19 bits per heavy atom. The first-order valence-electron chi connectivity index (χ1n) is 7.04. The number of carboxylic acid groups (broad SMARTS) is 2. The van der Waals surface area contributed by atoms with Crippen LogP contribution in [0.2, 0.25) is 0 Å². The summed E-state index contributed by atoms with van der Waals surface area (Å²) in [7, 11) is 0. The number of aliphatic carboxylic acids is 2. The summed E-state index contributed by atoms with van der Waals surface area (Å²) < 4.78 is 5.04. The van der Waals surface area contributed by atoms with Crippen LogP contribution in [0.5, 0.6) is 0 Å². The van der Waals surface area contributed by atoms with Crippen molar-refractivity contribution in [3.63, 3.8) is 0 Å². The van der Waals surface area contributed by atoms with Gasteiger partial charge in [-0.15, -0.1) is 0 Å². The van der Waals surface area contributed by atoms with Gasteiger partial charge in [-0.25, -0.2) is 4.79 Å². The summed E-state index contributed by atoms with van der Waals surface area (Å²) in [6.45, 7) is 8.40. The molecule has 0 aromatic carbocycles. The van der Waals surface area contributed by atoms with Gasteiger partial charge in [0.1, 0.15) is 0 Å². The molecule has 2 N–H and O–H groups in total. The van der Waals surface area contributed by atoms with Gasteiger partial charge in [-0.1, -0.05) is 39.7 Å². The van der Waals surface area contributed by atoms with Crippen LogP contribution in [0, 0.1) is 11.3 Å². The molecule has 0 aromatic rings. The fourth-order valence-electron chi connectivity index (χ4n) is 1.73. The molecular formula is C15H24O6. The smallest absolute Gasteiger partial charge is 0.335 e. The second-order valence-electron chi connectivity index (χ2n) is 5.23. The Balaban J connectivity index is 4.75. The molecule has 0 saturated carbocycles. The lowest BCUT2D eigenvalue weighted by Gasteiger charge is -2.22. The van der Waals surface area contributed by atoms with E-state index < -0.39 is 28.9 Å². The molecule has 0 aromatic heterocycles. The van der Waals surface area contributed by atoms with Crippen molar-refractivity contribution in [1.29, 1.82) is 0 Å². The first kappa shape index (κ1) is 19.1. The third kappa shape index (κ3) is 4.88. The third-order valence-corrected chi connectivity index (χ3v) is 3.70. The molecule has 0 bridgehead atoms. The minimum atomic E-state index is -2.37. The van der Waals surface area contributed by atoms with Crippen molar-refractivity contribution >= 4 is 17.9 Å². The average molecular weight is 300 g/mol. The molecule has 0 saturated heterocycles. The van der Waals surface area contributed by atoms with Crippen molar-refractivity contribution in [3.8, 4) is 0 Å². The second kappa shape index (κ2) is 8.44. The van der Waals surface area contributed by atoms with Crippen molar-refractivity contribution in [2.24, 2.45) is 11.3 Å². The van der Waals surface area contributed by atoms with E-state index in [1.54, 1.807) is 0 Å². The van der Waals surface area contributed by atoms with Crippen LogP contribution in [-0.2, 0) is 19.1 Å². The second-order valence-corrected chi connectivity index (χ2v) is 5.23. The molecule has 0 amide bonds. The number of rotatable bonds is 10. The van der Waals surface area contributed by atoms with Crippen LogP contribution in [0.3, 0.4) is 0 Å². The molecule has 0 heterocycles. The van der Waals surface area contributed by atoms with E-state index in [9.17, 15) is 14.4 Å². The molecule has 0 aliphatic carbocycles. The molecule has 0 fully saturated rings. The Morgan fingerprint density at radius 2 is 1.71 bits per heavy atom. The van der Waals surface area contributed by atoms with Gasteiger partial charge in [0.2, 0.25) is 0 Å². The van der Waals surface area contributed by atoms with E-state index in [4.69, 9.17) is 14.9 Å². The number of esters is 1. The number of hydrogen-bond donors (Lipinski definition) is 2. The number of carbonyl (C=O) groups excluding carboxylic acids is 1. The predicted molar refractivity (Wildman–Crippen MR) is 76.8 cm³/mol. The molecule has 6 heteroatoms. The largest absolute Gasteiger partial charge is 0.480 e. The van der Waals surface area contributed by atoms with Crippen molar-refractivity contribution in [2.45, 2.75) is 46.5 Å². The summed E-state index contributed by atoms with van der Waals surface area (Å²) >= 11 is 0. The van der Waals surface area contributed by atoms with Gasteiger partial charge in [0.05, 0.1) is 12.2 Å². The zero-order valence-corrected chi connectivity index (χ0v) is 12.8. The lowest BCUT2D eigenvalue weighted by molar-refractivity contribution is -0.163. The van der Waals surface area contributed by atoms with E-state index in [2.05, 4.69) is 13.5 Å². The fourth-order valence-corrected chi connectivity index (χ4v) is 1.73. The van der Waals surface area contributed by atoms with Gasteiger partial charge >= 0.3 is 17.9 Å². The quantitative estimate of drug-likeness (QED) is 0.365. The zero-order chi connectivity index (χ0) is 16.6. The van der Waals surface area contributed by atoms with Crippen LogP contribution in [0.4, 0.5) is 0 Å². The molecule has 1 atom stereocenters. The highest BCUT2D eigenvalue weighted by Crippen LogP contribution is 2.28. The number of ether oxygens (including phenoxy) is 1. The van der Waals surface area contributed by atoms with Gasteiger partial charge in [0, 0.05) is 0 Å². The number of hydrogen-bond acceptors (Lipinski definition) is 4. The first-order chi connectivity index (χ1) is 9.71. The fraction of sp³-hybridized carbons (Fsp3) is 0.667. The Morgan fingerprint density at radius 3 is 2.10 bits per heavy atom. The van der Waals surface area contributed by atoms with Gasteiger partial charge in [0.15, 0.2) is 5.41 Å². The molecule has 21 heavy (non-hydrogen) atoms. The van der Waals surface area contributed by atoms with Crippen LogP contribution >= 0.6 is 0 Å². The topological polar surface area (TPSA) is 101 Å². The molecule has 0 radical (unpaired) electrons. The molecule has 0 aliphatic rings. The third-order valence-electron chi connectivity index (χ3n) is 3.70. The number of unbranched alkanes of at least 4 members (excludes halogenated alkanes) is 1. The van der Waals surface area contributed by atoms with E-state index >= 15 is 0 Å². The lowest BCUT2D eigenvalue weighted by Crippen LogP contribution is -2.41. The molecule has 0 spiro atoms. The zero-order valence-electron chi connectivity index (χ0n) is 12.8. The van der Waals surface area contributed by atoms with E-state index in [1.807, 2.05) is 6.92 Å². The first-order valence-corrected chi connectivity index (χ1v) is 7.04. The SMILES string of the molecule is C=C(C(=O)OCC(CC)CCCC)C(C)(C(=O)O)C(=O)O. The van der Waals surface area contributed by atoms with Crippen molar-refractivity contribution in [1.82, 2.24) is 0 Å². The number of carboxylic acids is 2. The van der Waals surface area contributed by atoms with Crippen molar-refractivity contribution in [3.05, 3.63) is 12.2 Å². The minimum absolute atomic E-state index is 0.143. The maximum absolute atomic E-state index is 11.8. The summed E-state index contributed by atoms with van der Waals surface area (Å²) in [4.78, 5) is 34.0. The molecule has 1 unspecified atom stereocenters. The van der Waals surface area contributed by atoms with Gasteiger partial charge in [0.25, 0.3) is 0 Å². The summed E-state index contributed by atoms with van der Waals surface area (Å²) in [5.74, 6) is -4.08. The van der Waals surface area contributed by atoms with Crippen LogP contribution in [0.25, 0.3) is 0 Å².